The summed E-state index contributed by atoms with van der Waals surface area (Å²) in [6, 6.07) is 4.78. The van der Waals surface area contributed by atoms with Crippen molar-refractivity contribution in [1.29, 1.82) is 0 Å². The van der Waals surface area contributed by atoms with Gasteiger partial charge in [0.25, 0.3) is 0 Å². The lowest BCUT2D eigenvalue weighted by molar-refractivity contribution is -0.593. The maximum atomic E-state index is 11.6. The largest absolute Gasteiger partial charge is 0.618 e. The number of aromatic nitrogens is 2. The molecule has 0 fully saturated rings. The highest BCUT2D eigenvalue weighted by Crippen LogP contribution is 2.15. The molecule has 0 unspecified atom stereocenters. The van der Waals surface area contributed by atoms with E-state index >= 15 is 0 Å². The fourth-order valence-corrected chi connectivity index (χ4v) is 1.51. The third-order valence-corrected chi connectivity index (χ3v) is 2.44. The molecule has 0 bridgehead atoms. The zero-order chi connectivity index (χ0) is 14.0. The minimum absolute atomic E-state index is 0.0250. The van der Waals surface area contributed by atoms with Gasteiger partial charge in [-0.25, -0.2) is 14.6 Å². The first-order valence-electron chi connectivity index (χ1n) is 5.15. The second kappa shape index (κ2) is 4.73. The fourth-order valence-electron chi connectivity index (χ4n) is 1.51. The minimum Gasteiger partial charge on any atom is -0.618 e. The molecule has 0 aromatic carbocycles. The molecule has 0 saturated carbocycles. The quantitative estimate of drug-likeness (QED) is 0.622. The lowest BCUT2D eigenvalue weighted by atomic mass is 10.1. The van der Waals surface area contributed by atoms with Gasteiger partial charge in [-0.15, -0.1) is 0 Å². The van der Waals surface area contributed by atoms with Crippen LogP contribution in [0.3, 0.4) is 0 Å². The number of hydrogen-bond acceptors (Lipinski definition) is 4. The van der Waals surface area contributed by atoms with Crippen LogP contribution in [-0.4, -0.2) is 27.1 Å². The van der Waals surface area contributed by atoms with Crippen molar-refractivity contribution < 1.29 is 24.5 Å². The molecule has 0 radical (unpaired) electrons. The highest BCUT2D eigenvalue weighted by molar-refractivity contribution is 5.90. The van der Waals surface area contributed by atoms with Gasteiger partial charge in [-0.05, 0) is 12.1 Å². The van der Waals surface area contributed by atoms with E-state index in [1.54, 1.807) is 0 Å². The van der Waals surface area contributed by atoms with E-state index in [9.17, 15) is 14.8 Å². The molecule has 0 saturated heterocycles. The zero-order valence-corrected chi connectivity index (χ0v) is 9.48. The van der Waals surface area contributed by atoms with Crippen molar-refractivity contribution in [3.63, 3.8) is 0 Å². The molecule has 7 heteroatoms. The smallest absolute Gasteiger partial charge is 0.336 e. The van der Waals surface area contributed by atoms with Crippen LogP contribution in [0.5, 0.6) is 0 Å². The van der Waals surface area contributed by atoms with Crippen LogP contribution >= 0.6 is 0 Å². The summed E-state index contributed by atoms with van der Waals surface area (Å²) in [6.45, 7) is 0. The molecule has 0 aliphatic heterocycles. The molecule has 2 aromatic heterocycles. The normalized spacial score (nSPS) is 10.1. The molecule has 2 aromatic rings. The topological polar surface area (TPSA) is 114 Å². The van der Waals surface area contributed by atoms with Gasteiger partial charge >= 0.3 is 11.9 Å². The van der Waals surface area contributed by atoms with Gasteiger partial charge < -0.3 is 15.4 Å². The second-order valence-corrected chi connectivity index (χ2v) is 3.67. The SMILES string of the molecule is O=C(O)c1ccnc(-c2cc(C(=O)O)cc[n+]2[O-])c1. The van der Waals surface area contributed by atoms with E-state index in [1.807, 2.05) is 0 Å². The number of carboxylic acids is 2. The van der Waals surface area contributed by atoms with Crippen LogP contribution in [0.15, 0.2) is 36.7 Å². The fraction of sp³-hybridized carbons (Fsp3) is 0. The Morgan fingerprint density at radius 3 is 2.37 bits per heavy atom. The second-order valence-electron chi connectivity index (χ2n) is 3.67. The maximum Gasteiger partial charge on any atom is 0.336 e. The van der Waals surface area contributed by atoms with Crippen LogP contribution in [-0.2, 0) is 0 Å². The Bertz CT molecular complexity index is 669. The van der Waals surface area contributed by atoms with Gasteiger partial charge in [0.1, 0.15) is 5.69 Å². The van der Waals surface area contributed by atoms with E-state index in [-0.39, 0.29) is 22.5 Å². The molecule has 0 atom stereocenters. The van der Waals surface area contributed by atoms with Crippen LogP contribution in [0.1, 0.15) is 20.7 Å². The Hall–Kier alpha value is -2.96. The molecule has 0 amide bonds. The van der Waals surface area contributed by atoms with Crippen LogP contribution in [0.2, 0.25) is 0 Å². The average molecular weight is 260 g/mol. The number of hydrogen-bond donors (Lipinski definition) is 2. The van der Waals surface area contributed by atoms with Gasteiger partial charge in [0.15, 0.2) is 6.20 Å². The highest BCUT2D eigenvalue weighted by Gasteiger charge is 2.16. The molecule has 0 spiro atoms. The van der Waals surface area contributed by atoms with Crippen LogP contribution in [0.25, 0.3) is 11.4 Å². The van der Waals surface area contributed by atoms with Crippen molar-refractivity contribution in [3.8, 4) is 11.4 Å². The Morgan fingerprint density at radius 1 is 1.11 bits per heavy atom. The molecule has 7 nitrogen and oxygen atoms in total. The highest BCUT2D eigenvalue weighted by atomic mass is 16.5. The first-order chi connectivity index (χ1) is 8.99. The summed E-state index contributed by atoms with van der Waals surface area (Å²) in [4.78, 5) is 25.6. The van der Waals surface area contributed by atoms with Crippen molar-refractivity contribution in [2.75, 3.05) is 0 Å². The lowest BCUT2D eigenvalue weighted by Gasteiger charge is -2.05. The van der Waals surface area contributed by atoms with Gasteiger partial charge in [0.2, 0.25) is 5.69 Å². The standard InChI is InChI=1S/C12H8N2O5/c15-11(16)7-1-3-13-9(5-7)10-6-8(12(17)18)2-4-14(10)19/h1-6H,(H,15,16)(H,17,18). The third kappa shape index (κ3) is 2.49. The summed E-state index contributed by atoms with van der Waals surface area (Å²) in [5.41, 5.74) is -0.0450. The molecule has 2 rings (SSSR count). The van der Waals surface area contributed by atoms with Gasteiger partial charge in [-0.1, -0.05) is 0 Å². The zero-order valence-electron chi connectivity index (χ0n) is 9.48. The Balaban J connectivity index is 2.57. The van der Waals surface area contributed by atoms with Crippen molar-refractivity contribution in [1.82, 2.24) is 4.98 Å². The van der Waals surface area contributed by atoms with Crippen molar-refractivity contribution >= 4 is 11.9 Å². The van der Waals surface area contributed by atoms with Crippen molar-refractivity contribution in [2.24, 2.45) is 0 Å². The minimum atomic E-state index is -1.18. The number of carbonyl (C=O) groups is 2. The third-order valence-electron chi connectivity index (χ3n) is 2.44. The number of carboxylic acid groups (broad SMARTS) is 2. The van der Waals surface area contributed by atoms with Gasteiger partial charge in [0.05, 0.1) is 11.1 Å². The Kier molecular flexibility index (Phi) is 3.11. The molecule has 2 heterocycles. The molecule has 19 heavy (non-hydrogen) atoms. The lowest BCUT2D eigenvalue weighted by Crippen LogP contribution is -2.29. The van der Waals surface area contributed by atoms with Crippen LogP contribution in [0, 0.1) is 5.21 Å². The molecular weight excluding hydrogens is 252 g/mol. The monoisotopic (exact) mass is 260 g/mol. The van der Waals surface area contributed by atoms with Gasteiger partial charge in [-0.3, -0.25) is 0 Å². The van der Waals surface area contributed by atoms with E-state index < -0.39 is 11.9 Å². The summed E-state index contributed by atoms with van der Waals surface area (Å²) in [6.07, 6.45) is 2.28. The molecular formula is C12H8N2O5. The Labute approximate surface area is 107 Å². The van der Waals surface area contributed by atoms with Crippen LogP contribution < -0.4 is 4.73 Å². The summed E-state index contributed by atoms with van der Waals surface area (Å²) in [7, 11) is 0. The van der Waals surface area contributed by atoms with E-state index in [0.29, 0.717) is 4.73 Å². The van der Waals surface area contributed by atoms with Gasteiger partial charge in [-0.2, -0.15) is 4.73 Å². The number of rotatable bonds is 3. The summed E-state index contributed by atoms with van der Waals surface area (Å²) in [5, 5.41) is 29.3. The Morgan fingerprint density at radius 2 is 1.74 bits per heavy atom. The predicted molar refractivity (Wildman–Crippen MR) is 62.6 cm³/mol. The number of aromatic carboxylic acids is 2. The van der Waals surface area contributed by atoms with E-state index in [0.717, 1.165) is 18.3 Å². The van der Waals surface area contributed by atoms with E-state index in [4.69, 9.17) is 10.2 Å². The number of nitrogens with zero attached hydrogens (tertiary/aromatic N) is 2. The summed E-state index contributed by atoms with van der Waals surface area (Å²) < 4.78 is 0.431. The molecule has 96 valence electrons. The first-order valence-corrected chi connectivity index (χ1v) is 5.15. The van der Waals surface area contributed by atoms with E-state index in [2.05, 4.69) is 4.98 Å². The van der Waals surface area contributed by atoms with Crippen molar-refractivity contribution in [2.45, 2.75) is 0 Å². The predicted octanol–water partition coefficient (Wildman–Crippen LogP) is 0.778. The molecule has 2 N–H and O–H groups in total. The average Bonchev–Trinajstić information content (AvgIpc) is 2.39. The maximum absolute atomic E-state index is 11.6. The summed E-state index contributed by atoms with van der Waals surface area (Å²) >= 11 is 0. The van der Waals surface area contributed by atoms with Crippen molar-refractivity contribution in [3.05, 3.63) is 53.0 Å². The van der Waals surface area contributed by atoms with Crippen LogP contribution in [0.4, 0.5) is 0 Å². The molecule has 0 aliphatic rings. The first kappa shape index (κ1) is 12.5. The number of pyridine rings is 2. The summed E-state index contributed by atoms with van der Waals surface area (Å²) in [5.74, 6) is -2.34. The molecule has 0 aliphatic carbocycles. The van der Waals surface area contributed by atoms with E-state index in [1.165, 1.54) is 18.3 Å². The van der Waals surface area contributed by atoms with Gasteiger partial charge in [0, 0.05) is 18.3 Å².